The van der Waals surface area contributed by atoms with Crippen LogP contribution >= 0.6 is 0 Å². The molecule has 5 heteroatoms. The van der Waals surface area contributed by atoms with E-state index in [1.165, 1.54) is 0 Å². The number of ether oxygens (including phenoxy) is 1. The summed E-state index contributed by atoms with van der Waals surface area (Å²) in [5, 5.41) is 2.83. The molecule has 1 aliphatic rings. The first kappa shape index (κ1) is 17.0. The number of carbonyl (C=O) groups is 2. The Morgan fingerprint density at radius 3 is 2.70 bits per heavy atom. The van der Waals surface area contributed by atoms with Gasteiger partial charge in [-0.3, -0.25) is 9.59 Å². The molecular formula is C15H28N2O3. The first-order chi connectivity index (χ1) is 9.39. The van der Waals surface area contributed by atoms with Crippen LogP contribution in [0.15, 0.2) is 0 Å². The second kappa shape index (κ2) is 7.62. The Labute approximate surface area is 122 Å². The third-order valence-electron chi connectivity index (χ3n) is 3.73. The molecule has 1 saturated heterocycles. The second-order valence-corrected chi connectivity index (χ2v) is 6.33. The van der Waals surface area contributed by atoms with Crippen molar-refractivity contribution >= 4 is 11.8 Å². The van der Waals surface area contributed by atoms with Gasteiger partial charge in [0.2, 0.25) is 11.8 Å². The standard InChI is InChI=1S/C15H28N2O3/c1-5-6-12-14(19)17(9-7-13(18)16-12)11-15(2,3)8-10-20-4/h12H,5-11H2,1-4H3,(H,16,18). The molecule has 116 valence electrons. The summed E-state index contributed by atoms with van der Waals surface area (Å²) in [6, 6.07) is -0.353. The first-order valence-electron chi connectivity index (χ1n) is 7.46. The van der Waals surface area contributed by atoms with E-state index in [9.17, 15) is 9.59 Å². The molecule has 20 heavy (non-hydrogen) atoms. The Hall–Kier alpha value is -1.10. The molecule has 1 rings (SSSR count). The lowest BCUT2D eigenvalue weighted by Gasteiger charge is -2.33. The molecular weight excluding hydrogens is 256 g/mol. The molecule has 0 radical (unpaired) electrons. The van der Waals surface area contributed by atoms with E-state index in [2.05, 4.69) is 19.2 Å². The number of nitrogens with zero attached hydrogens (tertiary/aromatic N) is 1. The summed E-state index contributed by atoms with van der Waals surface area (Å²) in [4.78, 5) is 26.0. The summed E-state index contributed by atoms with van der Waals surface area (Å²) in [5.74, 6) is 0.0391. The average molecular weight is 284 g/mol. The van der Waals surface area contributed by atoms with Crippen molar-refractivity contribution < 1.29 is 14.3 Å². The van der Waals surface area contributed by atoms with Crippen molar-refractivity contribution in [3.63, 3.8) is 0 Å². The maximum atomic E-state index is 12.5. The fraction of sp³-hybridized carbons (Fsp3) is 0.867. The van der Waals surface area contributed by atoms with Gasteiger partial charge in [-0.15, -0.1) is 0 Å². The van der Waals surface area contributed by atoms with Crippen LogP contribution < -0.4 is 5.32 Å². The van der Waals surface area contributed by atoms with Gasteiger partial charge in [-0.1, -0.05) is 27.2 Å². The Kier molecular flexibility index (Phi) is 6.46. The molecule has 0 bridgehead atoms. The molecule has 5 nitrogen and oxygen atoms in total. The molecule has 1 aliphatic heterocycles. The number of hydrogen-bond acceptors (Lipinski definition) is 3. The van der Waals surface area contributed by atoms with Crippen LogP contribution in [0.1, 0.15) is 46.5 Å². The van der Waals surface area contributed by atoms with Gasteiger partial charge in [-0.05, 0) is 18.3 Å². The van der Waals surface area contributed by atoms with Gasteiger partial charge < -0.3 is 15.0 Å². The highest BCUT2D eigenvalue weighted by atomic mass is 16.5. The maximum absolute atomic E-state index is 12.5. The van der Waals surface area contributed by atoms with Crippen LogP contribution in [0, 0.1) is 5.41 Å². The lowest BCUT2D eigenvalue weighted by molar-refractivity contribution is -0.135. The Balaban J connectivity index is 2.71. The fourth-order valence-corrected chi connectivity index (χ4v) is 2.51. The van der Waals surface area contributed by atoms with E-state index >= 15 is 0 Å². The van der Waals surface area contributed by atoms with Gasteiger partial charge in [0.05, 0.1) is 0 Å². The van der Waals surface area contributed by atoms with Crippen molar-refractivity contribution in [2.45, 2.75) is 52.5 Å². The molecule has 1 N–H and O–H groups in total. The van der Waals surface area contributed by atoms with Crippen LogP contribution in [0.4, 0.5) is 0 Å². The van der Waals surface area contributed by atoms with Gasteiger partial charge in [-0.25, -0.2) is 0 Å². The van der Waals surface area contributed by atoms with E-state index in [4.69, 9.17) is 4.74 Å². The van der Waals surface area contributed by atoms with Crippen LogP contribution in [-0.4, -0.2) is 49.6 Å². The predicted molar refractivity (Wildman–Crippen MR) is 78.3 cm³/mol. The Morgan fingerprint density at radius 1 is 1.40 bits per heavy atom. The summed E-state index contributed by atoms with van der Waals surface area (Å²) in [6.45, 7) is 8.16. The molecule has 1 atom stereocenters. The number of carbonyl (C=O) groups excluding carboxylic acids is 2. The maximum Gasteiger partial charge on any atom is 0.245 e. The van der Waals surface area contributed by atoms with Gasteiger partial charge in [0.1, 0.15) is 6.04 Å². The number of nitrogens with one attached hydrogen (secondary N) is 1. The van der Waals surface area contributed by atoms with E-state index in [1.807, 2.05) is 11.8 Å². The number of amides is 2. The molecule has 0 aliphatic carbocycles. The highest BCUT2D eigenvalue weighted by Gasteiger charge is 2.32. The highest BCUT2D eigenvalue weighted by Crippen LogP contribution is 2.23. The van der Waals surface area contributed by atoms with Crippen molar-refractivity contribution in [3.8, 4) is 0 Å². The lowest BCUT2D eigenvalue weighted by atomic mass is 9.88. The molecule has 1 heterocycles. The lowest BCUT2D eigenvalue weighted by Crippen LogP contribution is -2.47. The van der Waals surface area contributed by atoms with E-state index in [0.29, 0.717) is 32.5 Å². The first-order valence-corrected chi connectivity index (χ1v) is 7.46. The van der Waals surface area contributed by atoms with Crippen LogP contribution in [0.2, 0.25) is 0 Å². The smallest absolute Gasteiger partial charge is 0.245 e. The summed E-state index contributed by atoms with van der Waals surface area (Å²) in [6.07, 6.45) is 2.89. The van der Waals surface area contributed by atoms with Gasteiger partial charge in [0, 0.05) is 33.2 Å². The van der Waals surface area contributed by atoms with Crippen molar-refractivity contribution in [2.75, 3.05) is 26.8 Å². The SMILES string of the molecule is CCCC1NC(=O)CCN(CC(C)(C)CCOC)C1=O. The monoisotopic (exact) mass is 284 g/mol. The summed E-state index contributed by atoms with van der Waals surface area (Å²) in [7, 11) is 1.69. The second-order valence-electron chi connectivity index (χ2n) is 6.33. The topological polar surface area (TPSA) is 58.6 Å². The van der Waals surface area contributed by atoms with E-state index in [0.717, 1.165) is 12.8 Å². The summed E-state index contributed by atoms with van der Waals surface area (Å²) >= 11 is 0. The Morgan fingerprint density at radius 2 is 2.10 bits per heavy atom. The van der Waals surface area contributed by atoms with E-state index in [-0.39, 0.29) is 23.3 Å². The highest BCUT2D eigenvalue weighted by molar-refractivity contribution is 5.89. The summed E-state index contributed by atoms with van der Waals surface area (Å²) in [5.41, 5.74) is -0.00414. The quantitative estimate of drug-likeness (QED) is 0.772. The zero-order valence-corrected chi connectivity index (χ0v) is 13.2. The number of methoxy groups -OCH3 is 1. The number of rotatable bonds is 7. The van der Waals surface area contributed by atoms with Crippen LogP contribution in [0.3, 0.4) is 0 Å². The normalized spacial score (nSPS) is 20.8. The largest absolute Gasteiger partial charge is 0.385 e. The van der Waals surface area contributed by atoms with Crippen LogP contribution in [0.5, 0.6) is 0 Å². The van der Waals surface area contributed by atoms with Gasteiger partial charge in [0.25, 0.3) is 0 Å². The minimum atomic E-state index is -0.353. The molecule has 0 saturated carbocycles. The number of hydrogen-bond donors (Lipinski definition) is 1. The Bertz CT molecular complexity index is 342. The minimum absolute atomic E-state index is 0.00414. The molecule has 0 aromatic heterocycles. The van der Waals surface area contributed by atoms with E-state index < -0.39 is 0 Å². The summed E-state index contributed by atoms with van der Waals surface area (Å²) < 4.78 is 5.13. The van der Waals surface area contributed by atoms with Crippen molar-refractivity contribution in [1.82, 2.24) is 10.2 Å². The average Bonchev–Trinajstić information content (AvgIpc) is 2.51. The van der Waals surface area contributed by atoms with Gasteiger partial charge >= 0.3 is 0 Å². The van der Waals surface area contributed by atoms with E-state index in [1.54, 1.807) is 7.11 Å². The zero-order valence-electron chi connectivity index (χ0n) is 13.2. The van der Waals surface area contributed by atoms with Gasteiger partial charge in [-0.2, -0.15) is 0 Å². The van der Waals surface area contributed by atoms with Crippen molar-refractivity contribution in [3.05, 3.63) is 0 Å². The molecule has 0 spiro atoms. The van der Waals surface area contributed by atoms with Crippen LogP contribution in [-0.2, 0) is 14.3 Å². The zero-order chi connectivity index (χ0) is 15.2. The molecule has 2 amide bonds. The van der Waals surface area contributed by atoms with Gasteiger partial charge in [0.15, 0.2) is 0 Å². The molecule has 1 unspecified atom stereocenters. The van der Waals surface area contributed by atoms with Crippen molar-refractivity contribution in [2.24, 2.45) is 5.41 Å². The molecule has 1 fully saturated rings. The fourth-order valence-electron chi connectivity index (χ4n) is 2.51. The minimum Gasteiger partial charge on any atom is -0.385 e. The molecule has 0 aromatic rings. The third-order valence-corrected chi connectivity index (χ3v) is 3.73. The van der Waals surface area contributed by atoms with Crippen molar-refractivity contribution in [1.29, 1.82) is 0 Å². The predicted octanol–water partition coefficient (Wildman–Crippen LogP) is 1.57. The third kappa shape index (κ3) is 5.12. The van der Waals surface area contributed by atoms with Crippen LogP contribution in [0.25, 0.3) is 0 Å². The molecule has 0 aromatic carbocycles.